The maximum absolute atomic E-state index is 13.8. The van der Waals surface area contributed by atoms with Crippen molar-refractivity contribution in [2.45, 2.75) is 39.3 Å². The highest BCUT2D eigenvalue weighted by Crippen LogP contribution is 2.22. The first-order valence-corrected chi connectivity index (χ1v) is 6.45. The van der Waals surface area contributed by atoms with E-state index in [-0.39, 0.29) is 17.7 Å². The van der Waals surface area contributed by atoms with Gasteiger partial charge in [0.1, 0.15) is 0 Å². The Morgan fingerprint density at radius 2 is 2.16 bits per heavy atom. The van der Waals surface area contributed by atoms with Crippen molar-refractivity contribution in [3.05, 3.63) is 29.6 Å². The molecule has 106 valence electrons. The standard InChI is InChI=1S/C14H21FN2O2/c1-4-7-17-14(18)10(3)19-13-6-5-11(9(2)16)8-12(13)15/h5-6,8-10H,4,7,16H2,1-3H3,(H,17,18). The molecule has 1 rings (SSSR count). The molecule has 5 heteroatoms. The van der Waals surface area contributed by atoms with Gasteiger partial charge in [0.05, 0.1) is 0 Å². The van der Waals surface area contributed by atoms with Crippen LogP contribution in [0.2, 0.25) is 0 Å². The van der Waals surface area contributed by atoms with Crippen LogP contribution in [0.4, 0.5) is 4.39 Å². The molecule has 4 nitrogen and oxygen atoms in total. The average Bonchev–Trinajstić information content (AvgIpc) is 2.37. The van der Waals surface area contributed by atoms with Crippen molar-refractivity contribution >= 4 is 5.91 Å². The third kappa shape index (κ3) is 4.52. The lowest BCUT2D eigenvalue weighted by atomic mass is 10.1. The van der Waals surface area contributed by atoms with Crippen LogP contribution >= 0.6 is 0 Å². The molecule has 1 aromatic rings. The number of rotatable bonds is 6. The Hall–Kier alpha value is -1.62. The minimum atomic E-state index is -0.734. The Balaban J connectivity index is 2.69. The zero-order valence-electron chi connectivity index (χ0n) is 11.6. The highest BCUT2D eigenvalue weighted by atomic mass is 19.1. The van der Waals surface area contributed by atoms with Crippen molar-refractivity contribution in [3.63, 3.8) is 0 Å². The number of halogens is 1. The van der Waals surface area contributed by atoms with Crippen LogP contribution in [-0.4, -0.2) is 18.6 Å². The predicted octanol–water partition coefficient (Wildman–Crippen LogP) is 2.14. The number of nitrogens with two attached hydrogens (primary N) is 1. The van der Waals surface area contributed by atoms with Gasteiger partial charge >= 0.3 is 0 Å². The van der Waals surface area contributed by atoms with E-state index in [1.165, 1.54) is 12.1 Å². The third-order valence-corrected chi connectivity index (χ3v) is 2.70. The second-order valence-electron chi connectivity index (χ2n) is 4.53. The lowest BCUT2D eigenvalue weighted by Crippen LogP contribution is -2.36. The fourth-order valence-electron chi connectivity index (χ4n) is 1.53. The Morgan fingerprint density at radius 1 is 1.47 bits per heavy atom. The molecular formula is C14H21FN2O2. The topological polar surface area (TPSA) is 64.3 Å². The summed E-state index contributed by atoms with van der Waals surface area (Å²) < 4.78 is 19.1. The van der Waals surface area contributed by atoms with Crippen LogP contribution in [-0.2, 0) is 4.79 Å². The van der Waals surface area contributed by atoms with E-state index < -0.39 is 11.9 Å². The zero-order chi connectivity index (χ0) is 14.4. The summed E-state index contributed by atoms with van der Waals surface area (Å²) in [5, 5.41) is 2.70. The van der Waals surface area contributed by atoms with E-state index in [9.17, 15) is 9.18 Å². The number of benzene rings is 1. The second kappa shape index (κ2) is 7.09. The van der Waals surface area contributed by atoms with Crippen LogP contribution in [0.5, 0.6) is 5.75 Å². The largest absolute Gasteiger partial charge is 0.478 e. The first-order valence-electron chi connectivity index (χ1n) is 6.45. The summed E-state index contributed by atoms with van der Waals surface area (Å²) in [5.41, 5.74) is 6.35. The number of hydrogen-bond donors (Lipinski definition) is 2. The fourth-order valence-corrected chi connectivity index (χ4v) is 1.53. The van der Waals surface area contributed by atoms with Gasteiger partial charge in [-0.15, -0.1) is 0 Å². The first kappa shape index (κ1) is 15.4. The molecule has 0 saturated carbocycles. The summed E-state index contributed by atoms with van der Waals surface area (Å²) in [7, 11) is 0. The zero-order valence-corrected chi connectivity index (χ0v) is 11.6. The van der Waals surface area contributed by atoms with Crippen molar-refractivity contribution in [1.82, 2.24) is 5.32 Å². The number of carbonyl (C=O) groups is 1. The third-order valence-electron chi connectivity index (χ3n) is 2.70. The van der Waals surface area contributed by atoms with Crippen molar-refractivity contribution in [2.24, 2.45) is 5.73 Å². The van der Waals surface area contributed by atoms with Gasteiger partial charge in [0.2, 0.25) is 0 Å². The summed E-state index contributed by atoms with van der Waals surface area (Å²) in [6.07, 6.45) is 0.109. The van der Waals surface area contributed by atoms with Gasteiger partial charge in [-0.1, -0.05) is 13.0 Å². The van der Waals surface area contributed by atoms with Gasteiger partial charge in [0, 0.05) is 12.6 Å². The Morgan fingerprint density at radius 3 is 2.68 bits per heavy atom. The lowest BCUT2D eigenvalue weighted by molar-refractivity contribution is -0.127. The molecular weight excluding hydrogens is 247 g/mol. The van der Waals surface area contributed by atoms with Gasteiger partial charge in [-0.2, -0.15) is 0 Å². The van der Waals surface area contributed by atoms with Crippen LogP contribution < -0.4 is 15.8 Å². The average molecular weight is 268 g/mol. The molecule has 19 heavy (non-hydrogen) atoms. The van der Waals surface area contributed by atoms with Gasteiger partial charge in [-0.3, -0.25) is 4.79 Å². The number of carbonyl (C=O) groups excluding carboxylic acids is 1. The summed E-state index contributed by atoms with van der Waals surface area (Å²) in [6.45, 7) is 5.90. The molecule has 0 aliphatic carbocycles. The molecule has 0 bridgehead atoms. The molecule has 1 aromatic carbocycles. The molecule has 0 fully saturated rings. The van der Waals surface area contributed by atoms with E-state index in [1.54, 1.807) is 19.9 Å². The fraction of sp³-hybridized carbons (Fsp3) is 0.500. The molecule has 0 saturated heterocycles. The maximum Gasteiger partial charge on any atom is 0.260 e. The minimum absolute atomic E-state index is 0.0588. The smallest absolute Gasteiger partial charge is 0.260 e. The SMILES string of the molecule is CCCNC(=O)C(C)Oc1ccc(C(C)N)cc1F. The molecule has 0 heterocycles. The van der Waals surface area contributed by atoms with E-state index in [0.29, 0.717) is 12.1 Å². The highest BCUT2D eigenvalue weighted by molar-refractivity contribution is 5.80. The molecule has 0 aliphatic rings. The van der Waals surface area contributed by atoms with Crippen LogP contribution in [0.15, 0.2) is 18.2 Å². The minimum Gasteiger partial charge on any atom is -0.478 e. The van der Waals surface area contributed by atoms with Gasteiger partial charge in [-0.05, 0) is 38.0 Å². The molecule has 2 atom stereocenters. The van der Waals surface area contributed by atoms with Crippen LogP contribution in [0.25, 0.3) is 0 Å². The van der Waals surface area contributed by atoms with Gasteiger partial charge < -0.3 is 15.8 Å². The normalized spacial score (nSPS) is 13.7. The van der Waals surface area contributed by atoms with Crippen LogP contribution in [0.3, 0.4) is 0 Å². The molecule has 1 amide bonds. The van der Waals surface area contributed by atoms with E-state index in [0.717, 1.165) is 6.42 Å². The summed E-state index contributed by atoms with van der Waals surface area (Å²) in [5.74, 6) is -0.703. The molecule has 0 radical (unpaired) electrons. The van der Waals surface area contributed by atoms with Gasteiger partial charge in [0.25, 0.3) is 5.91 Å². The second-order valence-corrected chi connectivity index (χ2v) is 4.53. The highest BCUT2D eigenvalue weighted by Gasteiger charge is 2.16. The van der Waals surface area contributed by atoms with Crippen LogP contribution in [0.1, 0.15) is 38.8 Å². The first-order chi connectivity index (χ1) is 8.95. The van der Waals surface area contributed by atoms with E-state index in [4.69, 9.17) is 10.5 Å². The molecule has 2 unspecified atom stereocenters. The van der Waals surface area contributed by atoms with E-state index in [2.05, 4.69) is 5.32 Å². The summed E-state index contributed by atoms with van der Waals surface area (Å²) in [4.78, 5) is 11.6. The number of nitrogens with one attached hydrogen (secondary N) is 1. The number of ether oxygens (including phenoxy) is 1. The van der Waals surface area contributed by atoms with Crippen molar-refractivity contribution in [3.8, 4) is 5.75 Å². The van der Waals surface area contributed by atoms with E-state index >= 15 is 0 Å². The Bertz CT molecular complexity index is 435. The van der Waals surface area contributed by atoms with Crippen LogP contribution in [0, 0.1) is 5.82 Å². The summed E-state index contributed by atoms with van der Waals surface area (Å²) >= 11 is 0. The lowest BCUT2D eigenvalue weighted by Gasteiger charge is -2.16. The van der Waals surface area contributed by atoms with E-state index in [1.807, 2.05) is 6.92 Å². The number of hydrogen-bond acceptors (Lipinski definition) is 3. The van der Waals surface area contributed by atoms with Crippen molar-refractivity contribution in [2.75, 3.05) is 6.54 Å². The maximum atomic E-state index is 13.8. The summed E-state index contributed by atoms with van der Waals surface area (Å²) in [6, 6.07) is 4.28. The molecule has 0 aromatic heterocycles. The monoisotopic (exact) mass is 268 g/mol. The van der Waals surface area contributed by atoms with Crippen molar-refractivity contribution < 1.29 is 13.9 Å². The number of amides is 1. The predicted molar refractivity (Wildman–Crippen MR) is 72.4 cm³/mol. The quantitative estimate of drug-likeness (QED) is 0.830. The van der Waals surface area contributed by atoms with Crippen molar-refractivity contribution in [1.29, 1.82) is 0 Å². The Labute approximate surface area is 113 Å². The Kier molecular flexibility index (Phi) is 5.76. The van der Waals surface area contributed by atoms with Gasteiger partial charge in [-0.25, -0.2) is 4.39 Å². The molecule has 3 N–H and O–H groups in total. The molecule has 0 aliphatic heterocycles. The van der Waals surface area contributed by atoms with Gasteiger partial charge in [0.15, 0.2) is 17.7 Å². The molecule has 0 spiro atoms.